The first kappa shape index (κ1) is 16.6. The minimum Gasteiger partial charge on any atom is -0.339 e. The van der Waals surface area contributed by atoms with Crippen LogP contribution in [-0.2, 0) is 16.6 Å². The molecule has 0 unspecified atom stereocenters. The summed E-state index contributed by atoms with van der Waals surface area (Å²) in [6, 6.07) is 14.1. The van der Waals surface area contributed by atoms with E-state index in [-0.39, 0.29) is 0 Å². The van der Waals surface area contributed by atoms with Crippen LogP contribution in [0.15, 0.2) is 42.5 Å². The lowest BCUT2D eigenvalue weighted by molar-refractivity contribution is 0.607. The molecule has 0 aliphatic rings. The Balaban J connectivity index is 1.99. The molecule has 7 nitrogen and oxygen atoms in total. The molecule has 26 heavy (non-hydrogen) atoms. The van der Waals surface area contributed by atoms with E-state index in [9.17, 15) is 8.42 Å². The molecule has 0 bridgehead atoms. The van der Waals surface area contributed by atoms with Crippen molar-refractivity contribution >= 4 is 32.4 Å². The Hall–Kier alpha value is -2.87. The number of anilines is 1. The van der Waals surface area contributed by atoms with Gasteiger partial charge in [-0.2, -0.15) is 0 Å². The number of pyridine rings is 1. The Bertz CT molecular complexity index is 1220. The van der Waals surface area contributed by atoms with Gasteiger partial charge in [-0.25, -0.2) is 8.42 Å². The Morgan fingerprint density at radius 3 is 2.46 bits per heavy atom. The summed E-state index contributed by atoms with van der Waals surface area (Å²) >= 11 is 0. The molecule has 1 N–H and O–H groups in total. The van der Waals surface area contributed by atoms with Crippen molar-refractivity contribution in [2.24, 2.45) is 0 Å². The Labute approximate surface area is 151 Å². The third kappa shape index (κ3) is 2.82. The number of sulfonamides is 1. The van der Waals surface area contributed by atoms with E-state index in [1.807, 2.05) is 42.5 Å². The molecule has 8 heteroatoms. The molecule has 0 aliphatic heterocycles. The zero-order valence-corrected chi connectivity index (χ0v) is 15.6. The summed E-state index contributed by atoms with van der Waals surface area (Å²) in [7, 11) is -3.43. The van der Waals surface area contributed by atoms with Crippen molar-refractivity contribution in [1.29, 1.82) is 0 Å². The zero-order valence-electron chi connectivity index (χ0n) is 14.8. The highest BCUT2D eigenvalue weighted by Gasteiger charge is 2.17. The van der Waals surface area contributed by atoms with Crippen LogP contribution in [0.4, 0.5) is 5.69 Å². The van der Waals surface area contributed by atoms with E-state index in [1.165, 1.54) is 5.56 Å². The predicted octanol–water partition coefficient (Wildman–Crippen LogP) is 2.72. The third-order valence-electron chi connectivity index (χ3n) is 4.39. The maximum absolute atomic E-state index is 11.8. The van der Waals surface area contributed by atoms with Crippen molar-refractivity contribution in [3.8, 4) is 0 Å². The lowest BCUT2D eigenvalue weighted by Gasteiger charge is -2.11. The number of rotatable bonds is 4. The van der Waals surface area contributed by atoms with Crippen LogP contribution in [0.5, 0.6) is 0 Å². The van der Waals surface area contributed by atoms with Crippen LogP contribution in [0.2, 0.25) is 0 Å². The van der Waals surface area contributed by atoms with E-state index < -0.39 is 10.0 Å². The molecule has 4 rings (SSSR count). The number of aryl methyl sites for hydroxylation is 2. The number of aromatic nitrogens is 4. The zero-order chi connectivity index (χ0) is 18.5. The smallest absolute Gasteiger partial charge is 0.229 e. The summed E-state index contributed by atoms with van der Waals surface area (Å²) in [6.07, 6.45) is 1.13. The van der Waals surface area contributed by atoms with Gasteiger partial charge in [0.15, 0.2) is 5.65 Å². The highest BCUT2D eigenvalue weighted by Crippen LogP contribution is 2.29. The lowest BCUT2D eigenvalue weighted by Crippen LogP contribution is -2.11. The summed E-state index contributed by atoms with van der Waals surface area (Å²) in [5.74, 6) is 0.707. The average molecular weight is 369 g/mol. The van der Waals surface area contributed by atoms with Crippen LogP contribution in [0.25, 0.3) is 16.7 Å². The molecule has 0 fully saturated rings. The molecule has 134 valence electrons. The molecule has 0 saturated carbocycles. The first-order valence-corrected chi connectivity index (χ1v) is 10.1. The third-order valence-corrected chi connectivity index (χ3v) is 4.98. The van der Waals surface area contributed by atoms with Gasteiger partial charge in [-0.05, 0) is 31.5 Å². The van der Waals surface area contributed by atoms with E-state index in [0.717, 1.165) is 23.0 Å². The molecule has 3 heterocycles. The summed E-state index contributed by atoms with van der Waals surface area (Å²) < 4.78 is 30.2. The largest absolute Gasteiger partial charge is 0.339 e. The molecule has 0 saturated heterocycles. The van der Waals surface area contributed by atoms with E-state index in [0.29, 0.717) is 23.7 Å². The van der Waals surface area contributed by atoms with E-state index in [2.05, 4.69) is 37.7 Å². The molecule has 0 spiro atoms. The van der Waals surface area contributed by atoms with Crippen molar-refractivity contribution in [2.45, 2.75) is 20.4 Å². The predicted molar refractivity (Wildman–Crippen MR) is 102 cm³/mol. The fourth-order valence-electron chi connectivity index (χ4n) is 3.29. The molecule has 3 aromatic heterocycles. The van der Waals surface area contributed by atoms with Crippen molar-refractivity contribution in [2.75, 3.05) is 11.0 Å². The number of nitrogens with one attached hydrogen (secondary N) is 1. The highest BCUT2D eigenvalue weighted by atomic mass is 32.2. The van der Waals surface area contributed by atoms with Gasteiger partial charge in [0, 0.05) is 12.2 Å². The van der Waals surface area contributed by atoms with E-state index >= 15 is 0 Å². The quantitative estimate of drug-likeness (QED) is 0.600. The van der Waals surface area contributed by atoms with Crippen LogP contribution in [0.3, 0.4) is 0 Å². The van der Waals surface area contributed by atoms with Crippen molar-refractivity contribution in [1.82, 2.24) is 19.2 Å². The van der Waals surface area contributed by atoms with Gasteiger partial charge in [-0.1, -0.05) is 30.3 Å². The summed E-state index contributed by atoms with van der Waals surface area (Å²) in [4.78, 5) is 0. The topological polar surface area (TPSA) is 81.3 Å². The summed E-state index contributed by atoms with van der Waals surface area (Å²) in [5, 5.41) is 8.28. The average Bonchev–Trinajstić information content (AvgIpc) is 3.09. The minimum absolute atomic E-state index is 0.424. The van der Waals surface area contributed by atoms with E-state index in [4.69, 9.17) is 0 Å². The monoisotopic (exact) mass is 369 g/mol. The van der Waals surface area contributed by atoms with Gasteiger partial charge in [0.2, 0.25) is 10.0 Å². The van der Waals surface area contributed by atoms with Gasteiger partial charge in [0.1, 0.15) is 5.82 Å². The number of hydrogen-bond acceptors (Lipinski definition) is 4. The Kier molecular flexibility index (Phi) is 3.73. The van der Waals surface area contributed by atoms with Gasteiger partial charge in [-0.15, -0.1) is 10.2 Å². The summed E-state index contributed by atoms with van der Waals surface area (Å²) in [5.41, 5.74) is 5.05. The second-order valence-electron chi connectivity index (χ2n) is 6.47. The molecular weight excluding hydrogens is 350 g/mol. The van der Waals surface area contributed by atoms with Gasteiger partial charge >= 0.3 is 0 Å². The second-order valence-corrected chi connectivity index (χ2v) is 8.21. The Morgan fingerprint density at radius 2 is 1.77 bits per heavy atom. The van der Waals surface area contributed by atoms with Gasteiger partial charge in [0.25, 0.3) is 0 Å². The summed E-state index contributed by atoms with van der Waals surface area (Å²) in [6.45, 7) is 4.59. The fraction of sp³-hybridized carbons (Fsp3) is 0.222. The molecule has 0 aliphatic carbocycles. The minimum atomic E-state index is -3.43. The van der Waals surface area contributed by atoms with Crippen LogP contribution in [0, 0.1) is 13.8 Å². The van der Waals surface area contributed by atoms with Gasteiger partial charge in [-0.3, -0.25) is 9.12 Å². The van der Waals surface area contributed by atoms with Gasteiger partial charge < -0.3 is 4.57 Å². The molecular formula is C18H19N5O2S. The van der Waals surface area contributed by atoms with Crippen LogP contribution < -0.4 is 4.72 Å². The molecule has 4 aromatic rings. The first-order chi connectivity index (χ1) is 12.3. The fourth-order valence-corrected chi connectivity index (χ4v) is 3.84. The maximum atomic E-state index is 11.8. The molecule has 1 aromatic carbocycles. The Morgan fingerprint density at radius 1 is 1.04 bits per heavy atom. The molecule has 0 radical (unpaired) electrons. The first-order valence-electron chi connectivity index (χ1n) is 8.20. The molecule has 0 atom stereocenters. The normalized spacial score (nSPS) is 12.1. The molecule has 0 amide bonds. The van der Waals surface area contributed by atoms with Crippen LogP contribution >= 0.6 is 0 Å². The number of nitrogens with zero attached hydrogens (tertiary/aromatic N) is 4. The highest BCUT2D eigenvalue weighted by molar-refractivity contribution is 7.92. The van der Waals surface area contributed by atoms with Crippen LogP contribution in [0.1, 0.15) is 17.1 Å². The van der Waals surface area contributed by atoms with Crippen molar-refractivity contribution < 1.29 is 8.42 Å². The van der Waals surface area contributed by atoms with Crippen molar-refractivity contribution in [3.05, 3.63) is 59.5 Å². The van der Waals surface area contributed by atoms with Crippen molar-refractivity contribution in [3.63, 3.8) is 0 Å². The number of hydrogen-bond donors (Lipinski definition) is 1. The SMILES string of the molecule is Cc1cc2c(cc(NS(C)(=O)=O)c3nnc(C)n32)n1Cc1ccccc1. The van der Waals surface area contributed by atoms with E-state index in [1.54, 1.807) is 0 Å². The number of benzene rings is 1. The van der Waals surface area contributed by atoms with Gasteiger partial charge in [0.05, 0.1) is 23.0 Å². The standard InChI is InChI=1S/C18H19N5O2S/c1-12-9-17-16(22(12)11-14-7-5-4-6-8-14)10-15(21-26(3,24)25)18-20-19-13(2)23(17)18/h4-10,21H,11H2,1-3H3. The second kappa shape index (κ2) is 5.84. The maximum Gasteiger partial charge on any atom is 0.229 e. The lowest BCUT2D eigenvalue weighted by atomic mass is 10.2. The van der Waals surface area contributed by atoms with Crippen LogP contribution in [-0.4, -0.2) is 33.8 Å². The number of fused-ring (bicyclic) bond motifs is 3.